The molecule has 2 aliphatic rings. The number of aromatic carboxylic acids is 1. The zero-order valence-corrected chi connectivity index (χ0v) is 15.0. The van der Waals surface area contributed by atoms with Gasteiger partial charge in [0, 0.05) is 11.5 Å². The number of rotatable bonds is 5. The number of nitrogens with two attached hydrogens (primary N) is 1. The number of amides is 1. The summed E-state index contributed by atoms with van der Waals surface area (Å²) in [5.74, 6) is -2.23. The predicted molar refractivity (Wildman–Crippen MR) is 92.0 cm³/mol. The first-order valence-corrected chi connectivity index (χ1v) is 9.53. The minimum atomic E-state index is -1.21. The van der Waals surface area contributed by atoms with Gasteiger partial charge >= 0.3 is 11.9 Å². The molecule has 4 heterocycles. The first-order valence-electron chi connectivity index (χ1n) is 7.49. The van der Waals surface area contributed by atoms with Crippen LogP contribution in [-0.2, 0) is 9.59 Å². The molecule has 140 valence electrons. The summed E-state index contributed by atoms with van der Waals surface area (Å²) in [6.07, 6.45) is 0. The van der Waals surface area contributed by atoms with Gasteiger partial charge in [0.15, 0.2) is 0 Å². The van der Waals surface area contributed by atoms with Crippen molar-refractivity contribution in [3.8, 4) is 0 Å². The van der Waals surface area contributed by atoms with Crippen molar-refractivity contribution in [1.82, 2.24) is 30.2 Å². The van der Waals surface area contributed by atoms with Crippen molar-refractivity contribution >= 4 is 47.0 Å². The number of carboxylic acid groups (broad SMARTS) is 2. The average Bonchev–Trinajstić information content (AvgIpc) is 3.12. The van der Waals surface area contributed by atoms with Crippen molar-refractivity contribution in [2.45, 2.75) is 16.4 Å². The molecule has 27 heavy (non-hydrogen) atoms. The molecule has 0 saturated carbocycles. The molecule has 2 aromatic heterocycles. The molecule has 4 rings (SSSR count). The molecule has 1 amide bonds. The number of hydrogen-bond donors (Lipinski definition) is 3. The number of carbonyl (C=O) groups is 3. The van der Waals surface area contributed by atoms with E-state index in [9.17, 15) is 24.6 Å². The predicted octanol–water partition coefficient (Wildman–Crippen LogP) is -1.11. The van der Waals surface area contributed by atoms with Crippen LogP contribution in [0, 0.1) is 0 Å². The van der Waals surface area contributed by atoms with Crippen molar-refractivity contribution < 1.29 is 24.6 Å². The number of aromatic nitrogens is 5. The van der Waals surface area contributed by atoms with Crippen molar-refractivity contribution in [2.75, 3.05) is 11.5 Å². The number of fused-ring (bicyclic) bond motifs is 2. The lowest BCUT2D eigenvalue weighted by Gasteiger charge is -2.48. The fraction of sp³-hybridized carbons (Fsp3) is 0.308. The maximum absolute atomic E-state index is 11.9. The van der Waals surface area contributed by atoms with Gasteiger partial charge in [0.2, 0.25) is 11.6 Å². The SMILES string of the molecule is NC1C(=O)N2C(C(=O)O)=C(CSc3cc(C(=O)O)c4nnnn4n3)CS[C@H]12. The first-order chi connectivity index (χ1) is 12.9. The van der Waals surface area contributed by atoms with Crippen molar-refractivity contribution in [2.24, 2.45) is 5.73 Å². The Morgan fingerprint density at radius 1 is 1.37 bits per heavy atom. The molecule has 0 bridgehead atoms. The minimum Gasteiger partial charge on any atom is -0.478 e. The lowest BCUT2D eigenvalue weighted by Crippen LogP contribution is -2.68. The summed E-state index contributed by atoms with van der Waals surface area (Å²) in [7, 11) is 0. The Morgan fingerprint density at radius 2 is 2.15 bits per heavy atom. The monoisotopic (exact) mass is 409 g/mol. The van der Waals surface area contributed by atoms with Crippen LogP contribution >= 0.6 is 23.5 Å². The second-order valence-electron chi connectivity index (χ2n) is 5.67. The van der Waals surface area contributed by atoms with Gasteiger partial charge in [0.05, 0.1) is 0 Å². The van der Waals surface area contributed by atoms with Gasteiger partial charge in [-0.2, -0.15) is 0 Å². The molecule has 0 radical (unpaired) electrons. The molecule has 12 nitrogen and oxygen atoms in total. The molecule has 0 spiro atoms. The fourth-order valence-corrected chi connectivity index (χ4v) is 5.12. The van der Waals surface area contributed by atoms with Crippen LogP contribution in [0.4, 0.5) is 0 Å². The van der Waals surface area contributed by atoms with Crippen molar-refractivity contribution in [1.29, 1.82) is 0 Å². The Bertz CT molecular complexity index is 1020. The maximum atomic E-state index is 11.9. The number of tetrazole rings is 1. The highest BCUT2D eigenvalue weighted by Gasteiger charge is 2.51. The Kier molecular flexibility index (Phi) is 4.24. The van der Waals surface area contributed by atoms with Crippen LogP contribution in [0.25, 0.3) is 5.65 Å². The Labute approximate surface area is 158 Å². The fourth-order valence-electron chi connectivity index (χ4n) is 2.80. The zero-order valence-electron chi connectivity index (χ0n) is 13.3. The summed E-state index contributed by atoms with van der Waals surface area (Å²) in [6.45, 7) is 0. The number of aliphatic carboxylic acids is 1. The summed E-state index contributed by atoms with van der Waals surface area (Å²) in [4.78, 5) is 36.2. The molecule has 0 aliphatic carbocycles. The lowest BCUT2D eigenvalue weighted by atomic mass is 10.0. The lowest BCUT2D eigenvalue weighted by molar-refractivity contribution is -0.147. The summed E-state index contributed by atoms with van der Waals surface area (Å²) in [6, 6.07) is 0.629. The largest absolute Gasteiger partial charge is 0.478 e. The van der Waals surface area contributed by atoms with Gasteiger partial charge < -0.3 is 15.9 Å². The van der Waals surface area contributed by atoms with E-state index >= 15 is 0 Å². The molecular weight excluding hydrogens is 398 g/mol. The van der Waals surface area contributed by atoms with Crippen LogP contribution in [0.15, 0.2) is 22.4 Å². The highest BCUT2D eigenvalue weighted by atomic mass is 32.2. The normalized spacial score (nSPS) is 22.0. The standard InChI is InChI=1S/C13H11N7O5S2/c14-7-10(21)19-8(13(24)25)4(3-27-11(7)19)2-26-6-1-5(12(22)23)9-15-17-18-20(9)16-6/h1,7,11H,2-3,14H2,(H,22,23)(H,24,25)/t7?,11-/m1/s1. The highest BCUT2D eigenvalue weighted by molar-refractivity contribution is 8.01. The smallest absolute Gasteiger partial charge is 0.352 e. The van der Waals surface area contributed by atoms with Gasteiger partial charge in [-0.25, -0.2) is 9.59 Å². The first kappa shape index (κ1) is 17.7. The molecule has 0 aromatic carbocycles. The number of carbonyl (C=O) groups excluding carboxylic acids is 1. The summed E-state index contributed by atoms with van der Waals surface area (Å²) >= 11 is 2.53. The molecule has 2 atom stereocenters. The number of hydrogen-bond acceptors (Lipinski definition) is 10. The Hall–Kier alpha value is -2.71. The van der Waals surface area contributed by atoms with E-state index in [1.165, 1.54) is 22.7 Å². The Balaban J connectivity index is 1.63. The molecular formula is C13H11N7O5S2. The van der Waals surface area contributed by atoms with Crippen LogP contribution in [0.1, 0.15) is 10.4 Å². The van der Waals surface area contributed by atoms with Crippen LogP contribution in [0.2, 0.25) is 0 Å². The van der Waals surface area contributed by atoms with Crippen LogP contribution in [-0.4, -0.2) is 81.1 Å². The Morgan fingerprint density at radius 3 is 2.85 bits per heavy atom. The number of nitrogens with zero attached hydrogens (tertiary/aromatic N) is 6. The third kappa shape index (κ3) is 2.81. The van der Waals surface area contributed by atoms with Gasteiger partial charge in [0.1, 0.15) is 27.7 Å². The van der Waals surface area contributed by atoms with Crippen molar-refractivity contribution in [3.05, 3.63) is 22.9 Å². The van der Waals surface area contributed by atoms with E-state index in [1.54, 1.807) is 0 Å². The topological polar surface area (TPSA) is 177 Å². The number of β-lactam (4-membered cyclic amide) rings is 1. The van der Waals surface area contributed by atoms with Gasteiger partial charge in [-0.1, -0.05) is 11.8 Å². The van der Waals surface area contributed by atoms with E-state index in [-0.39, 0.29) is 28.0 Å². The molecule has 2 aromatic rings. The third-order valence-corrected chi connectivity index (χ3v) is 6.42. The maximum Gasteiger partial charge on any atom is 0.352 e. The summed E-state index contributed by atoms with van der Waals surface area (Å²) in [5, 5.41) is 33.5. The van der Waals surface area contributed by atoms with E-state index in [2.05, 4.69) is 20.6 Å². The van der Waals surface area contributed by atoms with Crippen LogP contribution < -0.4 is 5.73 Å². The van der Waals surface area contributed by atoms with Crippen molar-refractivity contribution in [3.63, 3.8) is 0 Å². The molecule has 1 saturated heterocycles. The minimum absolute atomic E-state index is 0.00789. The molecule has 2 aliphatic heterocycles. The van der Waals surface area contributed by atoms with Crippen LogP contribution in [0.3, 0.4) is 0 Å². The van der Waals surface area contributed by atoms with E-state index in [0.29, 0.717) is 16.4 Å². The summed E-state index contributed by atoms with van der Waals surface area (Å²) < 4.78 is 1.00. The summed E-state index contributed by atoms with van der Waals surface area (Å²) in [5.41, 5.74) is 6.07. The quantitative estimate of drug-likeness (QED) is 0.401. The van der Waals surface area contributed by atoms with Gasteiger partial charge in [-0.3, -0.25) is 9.69 Å². The number of carboxylic acids is 2. The van der Waals surface area contributed by atoms with Gasteiger partial charge in [-0.05, 0) is 22.1 Å². The highest BCUT2D eigenvalue weighted by Crippen LogP contribution is 2.40. The van der Waals surface area contributed by atoms with E-state index in [4.69, 9.17) is 5.73 Å². The van der Waals surface area contributed by atoms with Gasteiger partial charge in [0.25, 0.3) is 0 Å². The van der Waals surface area contributed by atoms with E-state index < -0.39 is 23.9 Å². The third-order valence-electron chi connectivity index (χ3n) is 4.07. The van der Waals surface area contributed by atoms with Gasteiger partial charge in [-0.15, -0.1) is 26.6 Å². The van der Waals surface area contributed by atoms with E-state index in [1.807, 2.05) is 0 Å². The number of thioether (sulfide) groups is 2. The zero-order chi connectivity index (χ0) is 19.3. The second-order valence-corrected chi connectivity index (χ2v) is 7.78. The molecule has 1 fully saturated rings. The average molecular weight is 409 g/mol. The molecule has 1 unspecified atom stereocenters. The molecule has 14 heteroatoms. The van der Waals surface area contributed by atoms with Crippen LogP contribution in [0.5, 0.6) is 0 Å². The second kappa shape index (κ2) is 6.47. The molecule has 4 N–H and O–H groups in total. The van der Waals surface area contributed by atoms with E-state index in [0.717, 1.165) is 16.4 Å².